The molecule has 2 amide bonds. The number of carbonyl (C=O) groups excluding carboxylic acids is 2. The molecular formula is C22H24N2O3. The second-order valence-electron chi connectivity index (χ2n) is 6.93. The molecule has 0 bridgehead atoms. The molecule has 2 heterocycles. The first kappa shape index (κ1) is 18.8. The van der Waals surface area contributed by atoms with E-state index in [-0.39, 0.29) is 24.3 Å². The molecule has 140 valence electrons. The van der Waals surface area contributed by atoms with Gasteiger partial charge in [0.05, 0.1) is 12.8 Å². The number of terminal acetylenes is 1. The lowest BCUT2D eigenvalue weighted by Crippen LogP contribution is -2.44. The third-order valence-electron chi connectivity index (χ3n) is 4.95. The normalized spacial score (nSPS) is 14.6. The Kier molecular flexibility index (Phi) is 5.97. The molecule has 3 rings (SSSR count). The summed E-state index contributed by atoms with van der Waals surface area (Å²) in [5.41, 5.74) is 2.25. The van der Waals surface area contributed by atoms with E-state index < -0.39 is 0 Å². The van der Waals surface area contributed by atoms with Gasteiger partial charge < -0.3 is 14.2 Å². The van der Waals surface area contributed by atoms with Gasteiger partial charge in [-0.25, -0.2) is 0 Å². The van der Waals surface area contributed by atoms with Gasteiger partial charge in [-0.15, -0.1) is 6.42 Å². The maximum atomic E-state index is 13.0. The number of amides is 2. The molecule has 0 N–H and O–H groups in total. The Labute approximate surface area is 159 Å². The maximum absolute atomic E-state index is 13.0. The van der Waals surface area contributed by atoms with Crippen molar-refractivity contribution in [2.45, 2.75) is 26.3 Å². The smallest absolute Gasteiger partial charge is 0.289 e. The van der Waals surface area contributed by atoms with Crippen molar-refractivity contribution in [1.82, 2.24) is 9.80 Å². The summed E-state index contributed by atoms with van der Waals surface area (Å²) < 4.78 is 5.18. The van der Waals surface area contributed by atoms with Gasteiger partial charge in [-0.05, 0) is 37.5 Å². The summed E-state index contributed by atoms with van der Waals surface area (Å²) in [4.78, 5) is 28.8. The van der Waals surface area contributed by atoms with Gasteiger partial charge in [0.2, 0.25) is 5.91 Å². The Morgan fingerprint density at radius 1 is 1.22 bits per heavy atom. The third kappa shape index (κ3) is 4.59. The molecule has 0 aliphatic carbocycles. The summed E-state index contributed by atoms with van der Waals surface area (Å²) in [7, 11) is 0. The van der Waals surface area contributed by atoms with Gasteiger partial charge in [0.1, 0.15) is 0 Å². The fourth-order valence-corrected chi connectivity index (χ4v) is 3.38. The predicted octanol–water partition coefficient (Wildman–Crippen LogP) is 3.10. The Morgan fingerprint density at radius 3 is 2.52 bits per heavy atom. The molecule has 0 spiro atoms. The van der Waals surface area contributed by atoms with E-state index in [0.29, 0.717) is 38.2 Å². The van der Waals surface area contributed by atoms with Gasteiger partial charge in [0.25, 0.3) is 5.91 Å². The first-order valence-corrected chi connectivity index (χ1v) is 9.19. The molecule has 1 aliphatic heterocycles. The van der Waals surface area contributed by atoms with Crippen molar-refractivity contribution < 1.29 is 14.0 Å². The first-order valence-electron chi connectivity index (χ1n) is 9.19. The molecule has 0 unspecified atom stereocenters. The zero-order valence-electron chi connectivity index (χ0n) is 15.6. The molecule has 27 heavy (non-hydrogen) atoms. The van der Waals surface area contributed by atoms with E-state index in [1.807, 2.05) is 31.2 Å². The van der Waals surface area contributed by atoms with Crippen molar-refractivity contribution in [2.24, 2.45) is 5.92 Å². The van der Waals surface area contributed by atoms with Crippen LogP contribution < -0.4 is 0 Å². The highest BCUT2D eigenvalue weighted by molar-refractivity contribution is 5.91. The largest absolute Gasteiger partial charge is 0.459 e. The van der Waals surface area contributed by atoms with Crippen LogP contribution in [0.15, 0.2) is 47.1 Å². The zero-order chi connectivity index (χ0) is 19.2. The van der Waals surface area contributed by atoms with Crippen molar-refractivity contribution in [3.05, 3.63) is 59.5 Å². The van der Waals surface area contributed by atoms with Crippen LogP contribution in [0.4, 0.5) is 0 Å². The van der Waals surface area contributed by atoms with Crippen LogP contribution in [0, 0.1) is 25.2 Å². The quantitative estimate of drug-likeness (QED) is 0.766. The lowest BCUT2D eigenvalue weighted by molar-refractivity contribution is -0.136. The number of hydrogen-bond acceptors (Lipinski definition) is 3. The number of carbonyl (C=O) groups is 2. The summed E-state index contributed by atoms with van der Waals surface area (Å²) in [6, 6.07) is 11.5. The Balaban J connectivity index is 1.59. The SMILES string of the molecule is C#CCN(Cc1ccc(C)cc1)C(=O)C1CCN(C(=O)c2ccco2)CC1. The Morgan fingerprint density at radius 2 is 1.93 bits per heavy atom. The molecule has 1 aromatic heterocycles. The fourth-order valence-electron chi connectivity index (χ4n) is 3.38. The highest BCUT2D eigenvalue weighted by atomic mass is 16.3. The van der Waals surface area contributed by atoms with Crippen LogP contribution >= 0.6 is 0 Å². The van der Waals surface area contributed by atoms with Crippen molar-refractivity contribution in [3.63, 3.8) is 0 Å². The number of nitrogens with zero attached hydrogens (tertiary/aromatic N) is 2. The summed E-state index contributed by atoms with van der Waals surface area (Å²) in [6.07, 6.45) is 8.25. The van der Waals surface area contributed by atoms with Crippen LogP contribution in [0.1, 0.15) is 34.5 Å². The summed E-state index contributed by atoms with van der Waals surface area (Å²) >= 11 is 0. The minimum absolute atomic E-state index is 0.0682. The van der Waals surface area contributed by atoms with Crippen LogP contribution in [0.3, 0.4) is 0 Å². The van der Waals surface area contributed by atoms with Crippen LogP contribution in [0.25, 0.3) is 0 Å². The number of likely N-dealkylation sites (tertiary alicyclic amines) is 1. The van der Waals surface area contributed by atoms with Gasteiger partial charge in [-0.1, -0.05) is 35.7 Å². The monoisotopic (exact) mass is 364 g/mol. The van der Waals surface area contributed by atoms with E-state index >= 15 is 0 Å². The minimum Gasteiger partial charge on any atom is -0.459 e. The second kappa shape index (κ2) is 8.59. The van der Waals surface area contributed by atoms with E-state index in [1.165, 1.54) is 11.8 Å². The average molecular weight is 364 g/mol. The molecule has 1 aliphatic rings. The number of benzene rings is 1. The maximum Gasteiger partial charge on any atom is 0.289 e. The van der Waals surface area contributed by atoms with Crippen molar-refractivity contribution in [3.8, 4) is 12.3 Å². The Bertz CT molecular complexity index is 810. The molecule has 0 atom stereocenters. The predicted molar refractivity (Wildman–Crippen MR) is 103 cm³/mol. The number of furan rings is 1. The van der Waals surface area contributed by atoms with Gasteiger partial charge in [0, 0.05) is 25.6 Å². The minimum atomic E-state index is -0.119. The number of rotatable bonds is 5. The molecule has 2 aromatic rings. The van der Waals surface area contributed by atoms with Gasteiger partial charge in [-0.3, -0.25) is 9.59 Å². The first-order chi connectivity index (χ1) is 13.1. The van der Waals surface area contributed by atoms with Crippen LogP contribution in [0.2, 0.25) is 0 Å². The van der Waals surface area contributed by atoms with E-state index in [9.17, 15) is 9.59 Å². The van der Waals surface area contributed by atoms with E-state index in [2.05, 4.69) is 5.92 Å². The molecule has 1 saturated heterocycles. The van der Waals surface area contributed by atoms with Gasteiger partial charge in [0.15, 0.2) is 5.76 Å². The highest BCUT2D eigenvalue weighted by Crippen LogP contribution is 2.22. The van der Waals surface area contributed by atoms with Crippen molar-refractivity contribution in [1.29, 1.82) is 0 Å². The van der Waals surface area contributed by atoms with Crippen molar-refractivity contribution in [2.75, 3.05) is 19.6 Å². The van der Waals surface area contributed by atoms with Crippen molar-refractivity contribution >= 4 is 11.8 Å². The molecule has 0 radical (unpaired) electrons. The molecular weight excluding hydrogens is 340 g/mol. The van der Waals surface area contributed by atoms with E-state index in [1.54, 1.807) is 21.9 Å². The topological polar surface area (TPSA) is 53.8 Å². The molecule has 1 aromatic carbocycles. The van der Waals surface area contributed by atoms with E-state index in [4.69, 9.17) is 10.8 Å². The summed E-state index contributed by atoms with van der Waals surface area (Å²) in [5.74, 6) is 2.78. The zero-order valence-corrected chi connectivity index (χ0v) is 15.6. The summed E-state index contributed by atoms with van der Waals surface area (Å²) in [6.45, 7) is 3.92. The second-order valence-corrected chi connectivity index (χ2v) is 6.93. The fraction of sp³-hybridized carbons (Fsp3) is 0.364. The van der Waals surface area contributed by atoms with Gasteiger partial charge >= 0.3 is 0 Å². The highest BCUT2D eigenvalue weighted by Gasteiger charge is 2.31. The van der Waals surface area contributed by atoms with Gasteiger partial charge in [-0.2, -0.15) is 0 Å². The Hall–Kier alpha value is -3.00. The van der Waals surface area contributed by atoms with E-state index in [0.717, 1.165) is 5.56 Å². The van der Waals surface area contributed by atoms with Crippen LogP contribution in [-0.4, -0.2) is 41.2 Å². The number of piperidine rings is 1. The van der Waals surface area contributed by atoms with Crippen LogP contribution in [0.5, 0.6) is 0 Å². The van der Waals surface area contributed by atoms with Crippen LogP contribution in [-0.2, 0) is 11.3 Å². The third-order valence-corrected chi connectivity index (χ3v) is 4.95. The average Bonchev–Trinajstić information content (AvgIpc) is 3.23. The number of hydrogen-bond donors (Lipinski definition) is 0. The molecule has 0 saturated carbocycles. The molecule has 5 heteroatoms. The number of aryl methyl sites for hydroxylation is 1. The molecule has 5 nitrogen and oxygen atoms in total. The lowest BCUT2D eigenvalue weighted by atomic mass is 9.94. The summed E-state index contributed by atoms with van der Waals surface area (Å²) in [5, 5.41) is 0. The lowest BCUT2D eigenvalue weighted by Gasteiger charge is -2.33. The molecule has 1 fully saturated rings. The standard InChI is InChI=1S/C22H24N2O3/c1-3-12-24(16-18-8-6-17(2)7-9-18)21(25)19-10-13-23(14-11-19)22(26)20-5-4-15-27-20/h1,4-9,15,19H,10-14,16H2,2H3.